The molecule has 17 heteroatoms. The highest BCUT2D eigenvalue weighted by Gasteiger charge is 2.37. The molecule has 0 radical (unpaired) electrons. The summed E-state index contributed by atoms with van der Waals surface area (Å²) in [5.74, 6) is 4.83. The molecule has 6 aromatic rings. The van der Waals surface area contributed by atoms with E-state index in [1.54, 1.807) is 0 Å². The maximum atomic E-state index is 13.0. The number of benzene rings is 6. The van der Waals surface area contributed by atoms with Gasteiger partial charge in [-0.3, -0.25) is 0 Å². The maximum absolute atomic E-state index is 13.0. The van der Waals surface area contributed by atoms with Crippen LogP contribution in [0.5, 0.6) is 51.7 Å². The molecule has 12 nitrogen and oxygen atoms in total. The zero-order valence-corrected chi connectivity index (χ0v) is 58.5. The summed E-state index contributed by atoms with van der Waals surface area (Å²) in [5.41, 5.74) is 0.558. The lowest BCUT2D eigenvalue weighted by Crippen LogP contribution is -2.38. The van der Waals surface area contributed by atoms with Crippen LogP contribution in [-0.2, 0) is 39.5 Å². The molecule has 3 fully saturated rings. The lowest BCUT2D eigenvalue weighted by Gasteiger charge is -2.35. The van der Waals surface area contributed by atoms with Crippen molar-refractivity contribution < 1.29 is 57.0 Å². The standard InChI is InChI=1S/C68H75I4O12S/c1-6-66(30-12-9-13-31-66)82-63(73)42-76-57-38-55(71)61(37-45(57)4)80-48-20-26-51(27-21-48)85(50-24-18-47(19-25-50)79-58-39-53(69)59(36-46(58)5)77-43-64(74)83-67(7-2)32-14-10-15-33-67)52-28-22-49(23-29-52)81-62-41-54(70)60(40-56(62)72)78-44-65(75)84-68(8-3)34-16-11-17-35-68/h18-29,36-41H,6-17,30-35,42-44H2,1-5H3/q+1. The van der Waals surface area contributed by atoms with Gasteiger partial charge in [0.15, 0.2) is 34.5 Å². The molecule has 1 atom stereocenters. The normalized spacial score (nSPS) is 16.5. The lowest BCUT2D eigenvalue weighted by atomic mass is 9.83. The second kappa shape index (κ2) is 30.3. The molecule has 6 aromatic carbocycles. The molecule has 0 amide bonds. The number of rotatable bonds is 24. The van der Waals surface area contributed by atoms with Gasteiger partial charge in [0.05, 0.1) is 25.2 Å². The Kier molecular flexibility index (Phi) is 23.3. The number of ether oxygens (including phenoxy) is 9. The maximum Gasteiger partial charge on any atom is 0.344 e. The third-order valence-electron chi connectivity index (χ3n) is 16.6. The molecule has 9 rings (SSSR count). The van der Waals surface area contributed by atoms with E-state index in [-0.39, 0.29) is 54.5 Å². The van der Waals surface area contributed by atoms with Crippen LogP contribution in [0.1, 0.15) is 147 Å². The fourth-order valence-electron chi connectivity index (χ4n) is 11.5. The van der Waals surface area contributed by atoms with Crippen LogP contribution in [0.15, 0.2) is 124 Å². The summed E-state index contributed by atoms with van der Waals surface area (Å²) < 4.78 is 59.0. The van der Waals surface area contributed by atoms with Gasteiger partial charge in [0.2, 0.25) is 0 Å². The van der Waals surface area contributed by atoms with Gasteiger partial charge in [0.1, 0.15) is 68.5 Å². The SMILES string of the molecule is CCC1(OC(=O)COc2cc(I)c(Oc3ccc([S+](c4ccc(Oc5cc(I)c(OCC(=O)OC6(CC)CCCCC6)cc5C)cc4)c4ccc(Oc5cc(I)c(OCC(=O)OC6(CC)CCCCC6)cc5I)cc4)cc3)cc2C)CCCCC1. The first-order valence-electron chi connectivity index (χ1n) is 29.7. The lowest BCUT2D eigenvalue weighted by molar-refractivity contribution is -0.167. The summed E-state index contributed by atoms with van der Waals surface area (Å²) in [5, 5.41) is 0. The summed E-state index contributed by atoms with van der Waals surface area (Å²) in [7, 11) is -0.585. The molecule has 3 saturated carbocycles. The number of aryl methyl sites for hydroxylation is 2. The molecule has 0 spiro atoms. The third kappa shape index (κ3) is 17.4. The minimum atomic E-state index is -0.585. The third-order valence-corrected chi connectivity index (χ3v) is 22.2. The Hall–Kier alpha value is -4.20. The Balaban J connectivity index is 0.897. The second-order valence-corrected chi connectivity index (χ2v) is 29.1. The molecule has 85 heavy (non-hydrogen) atoms. The Morgan fingerprint density at radius 1 is 0.376 bits per heavy atom. The molecule has 3 aliphatic carbocycles. The van der Waals surface area contributed by atoms with Crippen molar-refractivity contribution >= 4 is 119 Å². The van der Waals surface area contributed by atoms with E-state index in [4.69, 9.17) is 42.6 Å². The molecule has 1 unspecified atom stereocenters. The molecule has 0 N–H and O–H groups in total. The van der Waals surface area contributed by atoms with Gasteiger partial charge >= 0.3 is 17.9 Å². The first-order valence-corrected chi connectivity index (χ1v) is 35.2. The van der Waals surface area contributed by atoms with Crippen LogP contribution in [-0.4, -0.2) is 54.5 Å². The summed E-state index contributed by atoms with van der Waals surface area (Å²) >= 11 is 8.93. The first kappa shape index (κ1) is 65.3. The summed E-state index contributed by atoms with van der Waals surface area (Å²) in [4.78, 5) is 42.2. The van der Waals surface area contributed by atoms with Crippen LogP contribution >= 0.6 is 90.4 Å². The number of hydrogen-bond acceptors (Lipinski definition) is 12. The molecule has 0 bridgehead atoms. The average Bonchev–Trinajstić information content (AvgIpc) is 3.70. The Morgan fingerprint density at radius 2 is 0.647 bits per heavy atom. The van der Waals surface area contributed by atoms with Crippen LogP contribution in [0.25, 0.3) is 0 Å². The molecule has 0 saturated heterocycles. The van der Waals surface area contributed by atoms with E-state index in [0.29, 0.717) is 51.7 Å². The van der Waals surface area contributed by atoms with E-state index in [2.05, 4.69) is 148 Å². The van der Waals surface area contributed by atoms with E-state index < -0.39 is 10.9 Å². The molecule has 0 heterocycles. The van der Waals surface area contributed by atoms with E-state index in [9.17, 15) is 14.4 Å². The van der Waals surface area contributed by atoms with E-state index in [1.807, 2.05) is 86.6 Å². The monoisotopic (exact) mass is 1620 g/mol. The van der Waals surface area contributed by atoms with E-state index in [1.165, 1.54) is 19.3 Å². The van der Waals surface area contributed by atoms with Gasteiger partial charge in [-0.05, 0) is 321 Å². The molecule has 0 aromatic heterocycles. The van der Waals surface area contributed by atoms with Crippen molar-refractivity contribution in [3.05, 3.63) is 135 Å². The molecule has 0 aliphatic heterocycles. The predicted octanol–water partition coefficient (Wildman–Crippen LogP) is 19.3. The Labute approximate surface area is 558 Å². The van der Waals surface area contributed by atoms with Gasteiger partial charge in [0, 0.05) is 0 Å². The zero-order valence-electron chi connectivity index (χ0n) is 49.1. The van der Waals surface area contributed by atoms with Crippen molar-refractivity contribution in [3.63, 3.8) is 0 Å². The summed E-state index contributed by atoms with van der Waals surface area (Å²) in [6.45, 7) is 9.72. The van der Waals surface area contributed by atoms with Crippen molar-refractivity contribution in [3.8, 4) is 51.7 Å². The van der Waals surface area contributed by atoms with Crippen LogP contribution in [0.4, 0.5) is 0 Å². The van der Waals surface area contributed by atoms with Gasteiger partial charge in [-0.2, -0.15) is 0 Å². The Morgan fingerprint density at radius 3 is 1.02 bits per heavy atom. The van der Waals surface area contributed by atoms with Crippen molar-refractivity contribution in [2.24, 2.45) is 0 Å². The minimum Gasteiger partial charge on any atom is -0.482 e. The topological polar surface area (TPSA) is 134 Å². The summed E-state index contributed by atoms with van der Waals surface area (Å²) in [6.07, 6.45) is 17.8. The number of carbonyl (C=O) groups excluding carboxylic acids is 3. The predicted molar refractivity (Wildman–Crippen MR) is 364 cm³/mol. The highest BCUT2D eigenvalue weighted by Crippen LogP contribution is 2.42. The van der Waals surface area contributed by atoms with Gasteiger partial charge in [-0.15, -0.1) is 0 Å². The largest absolute Gasteiger partial charge is 0.482 e. The Bertz CT molecular complexity index is 2920. The number of hydrogen-bond donors (Lipinski definition) is 0. The number of carbonyl (C=O) groups is 3. The van der Waals surface area contributed by atoms with E-state index >= 15 is 0 Å². The van der Waals surface area contributed by atoms with Crippen molar-refractivity contribution in [1.29, 1.82) is 0 Å². The fourth-order valence-corrected chi connectivity index (χ4v) is 15.9. The van der Waals surface area contributed by atoms with Crippen LogP contribution < -0.4 is 28.4 Å². The average molecular weight is 1620 g/mol. The van der Waals surface area contributed by atoms with Crippen molar-refractivity contribution in [1.82, 2.24) is 0 Å². The van der Waals surface area contributed by atoms with Gasteiger partial charge in [-0.25, -0.2) is 14.4 Å². The molecule has 3 aliphatic rings. The minimum absolute atomic E-state index is 0.151. The van der Waals surface area contributed by atoms with E-state index in [0.717, 1.165) is 136 Å². The highest BCUT2D eigenvalue weighted by molar-refractivity contribution is 14.1. The van der Waals surface area contributed by atoms with Crippen molar-refractivity contribution in [2.45, 2.75) is 182 Å². The number of halogens is 4. The van der Waals surface area contributed by atoms with Gasteiger partial charge < -0.3 is 42.6 Å². The summed E-state index contributed by atoms with van der Waals surface area (Å²) in [6, 6.07) is 36.0. The fraction of sp³-hybridized carbons (Fsp3) is 0.426. The van der Waals surface area contributed by atoms with Gasteiger partial charge in [-0.1, -0.05) is 40.0 Å². The second-order valence-electron chi connectivity index (χ2n) is 22.4. The highest BCUT2D eigenvalue weighted by atomic mass is 127. The molecular weight excluding hydrogens is 1550 g/mol. The smallest absolute Gasteiger partial charge is 0.344 e. The zero-order chi connectivity index (χ0) is 60.1. The first-order chi connectivity index (χ1) is 41.0. The quantitative estimate of drug-likeness (QED) is 0.0247. The number of esters is 3. The van der Waals surface area contributed by atoms with Crippen molar-refractivity contribution in [2.75, 3.05) is 19.8 Å². The molecule has 452 valence electrons. The van der Waals surface area contributed by atoms with Gasteiger partial charge in [0.25, 0.3) is 0 Å². The van der Waals surface area contributed by atoms with Crippen LogP contribution in [0.2, 0.25) is 0 Å². The van der Waals surface area contributed by atoms with Crippen LogP contribution in [0.3, 0.4) is 0 Å². The van der Waals surface area contributed by atoms with Crippen LogP contribution in [0, 0.1) is 28.1 Å². The molecular formula is C68H75I4O12S+.